The average Bonchev–Trinajstić information content (AvgIpc) is 2.26. The lowest BCUT2D eigenvalue weighted by Gasteiger charge is -2.22. The summed E-state index contributed by atoms with van der Waals surface area (Å²) in [6.45, 7) is 11.1. The summed E-state index contributed by atoms with van der Waals surface area (Å²) in [5.74, 6) is 0. The van der Waals surface area contributed by atoms with Gasteiger partial charge in [-0.2, -0.15) is 0 Å². The zero-order valence-corrected chi connectivity index (χ0v) is 12.8. The van der Waals surface area contributed by atoms with Crippen molar-refractivity contribution in [2.24, 2.45) is 0 Å². The number of rotatable bonds is 5. The summed E-state index contributed by atoms with van der Waals surface area (Å²) in [6.07, 6.45) is 1.12. The van der Waals surface area contributed by atoms with Crippen molar-refractivity contribution in [3.05, 3.63) is 34.9 Å². The van der Waals surface area contributed by atoms with E-state index in [-0.39, 0.29) is 5.41 Å². The SMILES string of the molecule is CNCN(C)CCc1cc(C(C)(C)C)ccc1C. The molecule has 0 saturated carbocycles. The summed E-state index contributed by atoms with van der Waals surface area (Å²) in [6, 6.07) is 6.90. The second-order valence-corrected chi connectivity index (χ2v) is 6.23. The Hall–Kier alpha value is -0.860. The molecule has 2 heteroatoms. The Balaban J connectivity index is 2.76. The van der Waals surface area contributed by atoms with Crippen LogP contribution in [-0.4, -0.2) is 32.2 Å². The van der Waals surface area contributed by atoms with E-state index in [1.165, 1.54) is 16.7 Å². The predicted octanol–water partition coefficient (Wildman–Crippen LogP) is 2.94. The first-order chi connectivity index (χ1) is 8.34. The largest absolute Gasteiger partial charge is 0.307 e. The summed E-state index contributed by atoms with van der Waals surface area (Å²) in [7, 11) is 4.14. The molecule has 0 spiro atoms. The number of nitrogens with zero attached hydrogens (tertiary/aromatic N) is 1. The molecule has 0 saturated heterocycles. The minimum absolute atomic E-state index is 0.235. The third-order valence-corrected chi connectivity index (χ3v) is 3.41. The zero-order chi connectivity index (χ0) is 13.8. The van der Waals surface area contributed by atoms with E-state index in [9.17, 15) is 0 Å². The first-order valence-corrected chi connectivity index (χ1v) is 6.77. The maximum Gasteiger partial charge on any atom is 0.0475 e. The van der Waals surface area contributed by atoms with E-state index >= 15 is 0 Å². The first kappa shape index (κ1) is 15.2. The minimum Gasteiger partial charge on any atom is -0.307 e. The molecule has 0 radical (unpaired) electrons. The molecule has 18 heavy (non-hydrogen) atoms. The fourth-order valence-corrected chi connectivity index (χ4v) is 2.07. The van der Waals surface area contributed by atoms with Gasteiger partial charge in [0.1, 0.15) is 0 Å². The summed E-state index contributed by atoms with van der Waals surface area (Å²) < 4.78 is 0. The molecule has 0 unspecified atom stereocenters. The van der Waals surface area contributed by atoms with E-state index in [2.05, 4.69) is 63.2 Å². The Bertz CT molecular complexity index is 377. The Morgan fingerprint density at radius 1 is 1.22 bits per heavy atom. The Kier molecular flexibility index (Phi) is 5.36. The van der Waals surface area contributed by atoms with Crippen LogP contribution in [0, 0.1) is 6.92 Å². The minimum atomic E-state index is 0.235. The molecule has 102 valence electrons. The highest BCUT2D eigenvalue weighted by Gasteiger charge is 2.14. The van der Waals surface area contributed by atoms with Gasteiger partial charge >= 0.3 is 0 Å². The maximum absolute atomic E-state index is 3.18. The highest BCUT2D eigenvalue weighted by molar-refractivity contribution is 5.34. The van der Waals surface area contributed by atoms with Gasteiger partial charge in [-0.15, -0.1) is 0 Å². The molecule has 1 aromatic rings. The van der Waals surface area contributed by atoms with E-state index in [0.29, 0.717) is 0 Å². The van der Waals surface area contributed by atoms with Gasteiger partial charge in [-0.05, 0) is 49.5 Å². The molecule has 1 rings (SSSR count). The zero-order valence-electron chi connectivity index (χ0n) is 12.8. The van der Waals surface area contributed by atoms with Crippen LogP contribution in [0.3, 0.4) is 0 Å². The van der Waals surface area contributed by atoms with Crippen molar-refractivity contribution in [1.29, 1.82) is 0 Å². The normalized spacial score (nSPS) is 12.2. The molecule has 0 aliphatic carbocycles. The van der Waals surface area contributed by atoms with Crippen LogP contribution < -0.4 is 5.32 Å². The number of likely N-dealkylation sites (N-methyl/N-ethyl adjacent to an activating group) is 1. The predicted molar refractivity (Wildman–Crippen MR) is 80.1 cm³/mol. The van der Waals surface area contributed by atoms with Gasteiger partial charge in [0.15, 0.2) is 0 Å². The lowest BCUT2D eigenvalue weighted by Crippen LogP contribution is -2.30. The molecule has 0 amide bonds. The highest BCUT2D eigenvalue weighted by atomic mass is 15.2. The summed E-state index contributed by atoms with van der Waals surface area (Å²) >= 11 is 0. The van der Waals surface area contributed by atoms with Gasteiger partial charge in [-0.25, -0.2) is 0 Å². The van der Waals surface area contributed by atoms with E-state index in [4.69, 9.17) is 0 Å². The Morgan fingerprint density at radius 2 is 1.89 bits per heavy atom. The van der Waals surface area contributed by atoms with Gasteiger partial charge in [0.2, 0.25) is 0 Å². The molecular weight excluding hydrogens is 220 g/mol. The molecule has 0 heterocycles. The number of nitrogens with one attached hydrogen (secondary N) is 1. The van der Waals surface area contributed by atoms with Gasteiger partial charge in [-0.1, -0.05) is 39.0 Å². The molecule has 0 aliphatic rings. The quantitative estimate of drug-likeness (QED) is 0.806. The molecular formula is C16H28N2. The smallest absolute Gasteiger partial charge is 0.0475 e. The van der Waals surface area contributed by atoms with Crippen LogP contribution in [0.1, 0.15) is 37.5 Å². The van der Waals surface area contributed by atoms with Crippen molar-refractivity contribution in [3.63, 3.8) is 0 Å². The van der Waals surface area contributed by atoms with Crippen LogP contribution in [0.15, 0.2) is 18.2 Å². The summed E-state index contributed by atoms with van der Waals surface area (Å²) in [5.41, 5.74) is 4.55. The van der Waals surface area contributed by atoms with Crippen molar-refractivity contribution >= 4 is 0 Å². The molecule has 0 atom stereocenters. The molecule has 0 bridgehead atoms. The van der Waals surface area contributed by atoms with Crippen molar-refractivity contribution in [1.82, 2.24) is 10.2 Å². The molecule has 2 nitrogen and oxygen atoms in total. The molecule has 0 aliphatic heterocycles. The standard InChI is InChI=1S/C16H28N2/c1-13-7-8-15(16(2,3)4)11-14(13)9-10-18(6)12-17-5/h7-8,11,17H,9-10,12H2,1-6H3. The molecule has 0 fully saturated rings. The second-order valence-electron chi connectivity index (χ2n) is 6.23. The van der Waals surface area contributed by atoms with Crippen LogP contribution in [-0.2, 0) is 11.8 Å². The van der Waals surface area contributed by atoms with Crippen LogP contribution >= 0.6 is 0 Å². The van der Waals surface area contributed by atoms with E-state index in [1.54, 1.807) is 0 Å². The summed E-state index contributed by atoms with van der Waals surface area (Å²) in [4.78, 5) is 2.31. The maximum atomic E-state index is 3.18. The molecule has 0 aromatic heterocycles. The number of aryl methyl sites for hydroxylation is 1. The highest BCUT2D eigenvalue weighted by Crippen LogP contribution is 2.24. The van der Waals surface area contributed by atoms with Crippen molar-refractivity contribution < 1.29 is 0 Å². The first-order valence-electron chi connectivity index (χ1n) is 6.77. The van der Waals surface area contributed by atoms with Gasteiger partial charge in [0, 0.05) is 13.2 Å². The van der Waals surface area contributed by atoms with Crippen molar-refractivity contribution in [2.75, 3.05) is 27.3 Å². The van der Waals surface area contributed by atoms with Crippen LogP contribution in [0.25, 0.3) is 0 Å². The van der Waals surface area contributed by atoms with Crippen molar-refractivity contribution in [3.8, 4) is 0 Å². The third kappa shape index (κ3) is 4.43. The van der Waals surface area contributed by atoms with Gasteiger partial charge in [0.25, 0.3) is 0 Å². The summed E-state index contributed by atoms with van der Waals surface area (Å²) in [5, 5.41) is 3.18. The number of benzene rings is 1. The van der Waals surface area contributed by atoms with E-state index < -0.39 is 0 Å². The second kappa shape index (κ2) is 6.35. The van der Waals surface area contributed by atoms with E-state index in [0.717, 1.165) is 19.6 Å². The van der Waals surface area contributed by atoms with Crippen molar-refractivity contribution in [2.45, 2.75) is 39.5 Å². The lowest BCUT2D eigenvalue weighted by molar-refractivity contribution is 0.321. The Labute approximate surface area is 112 Å². The van der Waals surface area contributed by atoms with Gasteiger partial charge in [0.05, 0.1) is 0 Å². The van der Waals surface area contributed by atoms with Gasteiger partial charge in [-0.3, -0.25) is 4.90 Å². The average molecular weight is 248 g/mol. The monoisotopic (exact) mass is 248 g/mol. The van der Waals surface area contributed by atoms with Crippen LogP contribution in [0.2, 0.25) is 0 Å². The molecule has 1 aromatic carbocycles. The number of hydrogen-bond donors (Lipinski definition) is 1. The number of hydrogen-bond acceptors (Lipinski definition) is 2. The third-order valence-electron chi connectivity index (χ3n) is 3.41. The fourth-order valence-electron chi connectivity index (χ4n) is 2.07. The van der Waals surface area contributed by atoms with Crippen LogP contribution in [0.4, 0.5) is 0 Å². The molecule has 1 N–H and O–H groups in total. The lowest BCUT2D eigenvalue weighted by atomic mass is 9.85. The van der Waals surface area contributed by atoms with Gasteiger partial charge < -0.3 is 5.32 Å². The van der Waals surface area contributed by atoms with Crippen LogP contribution in [0.5, 0.6) is 0 Å². The van der Waals surface area contributed by atoms with E-state index in [1.807, 2.05) is 7.05 Å². The Morgan fingerprint density at radius 3 is 2.44 bits per heavy atom. The fraction of sp³-hybridized carbons (Fsp3) is 0.625. The topological polar surface area (TPSA) is 15.3 Å².